The predicted molar refractivity (Wildman–Crippen MR) is 120 cm³/mol. The summed E-state index contributed by atoms with van der Waals surface area (Å²) in [4.78, 5) is 13.5. The Hall–Kier alpha value is -3.33. The fourth-order valence-electron chi connectivity index (χ4n) is 3.30. The maximum absolute atomic E-state index is 13.2. The van der Waals surface area contributed by atoms with E-state index in [1.54, 1.807) is 32.7 Å². The van der Waals surface area contributed by atoms with Crippen LogP contribution in [0.2, 0.25) is 0 Å². The summed E-state index contributed by atoms with van der Waals surface area (Å²) in [5.74, 6) is 5.99. The molecule has 3 rings (SSSR count). The van der Waals surface area contributed by atoms with Crippen molar-refractivity contribution in [3.05, 3.63) is 60.1 Å². The van der Waals surface area contributed by atoms with Crippen LogP contribution in [-0.4, -0.2) is 30.4 Å². The average molecular weight is 461 g/mol. The Morgan fingerprint density at radius 3 is 2.27 bits per heavy atom. The molecule has 0 saturated carbocycles. The maximum Gasteiger partial charge on any atom is 0.400 e. The van der Waals surface area contributed by atoms with Crippen molar-refractivity contribution in [1.82, 2.24) is 9.97 Å². The van der Waals surface area contributed by atoms with Crippen LogP contribution >= 0.6 is 0 Å². The Balaban J connectivity index is 1.75. The van der Waals surface area contributed by atoms with Gasteiger partial charge in [-0.15, -0.1) is 0 Å². The van der Waals surface area contributed by atoms with Gasteiger partial charge in [0.25, 0.3) is 0 Å². The lowest BCUT2D eigenvalue weighted by Crippen LogP contribution is -2.35. The van der Waals surface area contributed by atoms with Gasteiger partial charge in [0.15, 0.2) is 11.5 Å². The molecule has 0 bridgehead atoms. The number of nitrogens with zero attached hydrogens (tertiary/aromatic N) is 2. The Morgan fingerprint density at radius 1 is 1.00 bits per heavy atom. The third kappa shape index (κ3) is 5.19. The van der Waals surface area contributed by atoms with Gasteiger partial charge < -0.3 is 14.3 Å². The van der Waals surface area contributed by atoms with Crippen LogP contribution in [0.15, 0.2) is 54.6 Å². The zero-order valence-electron chi connectivity index (χ0n) is 18.9. The summed E-state index contributed by atoms with van der Waals surface area (Å²) in [6, 6.07) is 9.35. The van der Waals surface area contributed by atoms with E-state index < -0.39 is 11.6 Å². The first-order valence-corrected chi connectivity index (χ1v) is 10.2. The molecular formula is C24H26F3N3O3. The predicted octanol–water partition coefficient (Wildman–Crippen LogP) is 5.61. The van der Waals surface area contributed by atoms with Crippen molar-refractivity contribution < 1.29 is 27.5 Å². The Labute approximate surface area is 190 Å². The van der Waals surface area contributed by atoms with Crippen LogP contribution in [0.3, 0.4) is 0 Å². The summed E-state index contributed by atoms with van der Waals surface area (Å²) in [6.07, 6.45) is 1.14. The first-order chi connectivity index (χ1) is 15.6. The number of fused-ring (bicyclic) bond motifs is 1. The van der Waals surface area contributed by atoms with Gasteiger partial charge >= 0.3 is 6.18 Å². The quantitative estimate of drug-likeness (QED) is 0.347. The normalized spacial score (nSPS) is 12.7. The van der Waals surface area contributed by atoms with Gasteiger partial charge in [-0.25, -0.2) is 0 Å². The summed E-state index contributed by atoms with van der Waals surface area (Å²) in [5, 5.41) is 0.878. The number of pyridine rings is 2. The number of benzene rings is 1. The molecule has 2 aromatic heterocycles. The molecule has 176 valence electrons. The van der Waals surface area contributed by atoms with E-state index in [-0.39, 0.29) is 5.76 Å². The third-order valence-electron chi connectivity index (χ3n) is 5.52. The molecule has 0 atom stereocenters. The lowest BCUT2D eigenvalue weighted by Gasteiger charge is -2.28. The SMILES string of the molecule is COc1cc2cc(-c3ccc(CC/C=C(\ON)C(C)(C)C(F)(F)F)cn3)cnc2cc1OC. The van der Waals surface area contributed by atoms with E-state index >= 15 is 0 Å². The number of methoxy groups -OCH3 is 2. The Bertz CT molecular complexity index is 1140. The molecule has 33 heavy (non-hydrogen) atoms. The van der Waals surface area contributed by atoms with Gasteiger partial charge in [-0.1, -0.05) is 6.07 Å². The summed E-state index contributed by atoms with van der Waals surface area (Å²) >= 11 is 0. The molecule has 0 unspecified atom stereocenters. The summed E-state index contributed by atoms with van der Waals surface area (Å²) < 4.78 is 50.3. The third-order valence-corrected chi connectivity index (χ3v) is 5.52. The molecule has 0 aliphatic rings. The Kier molecular flexibility index (Phi) is 7.12. The number of nitrogens with two attached hydrogens (primary N) is 1. The lowest BCUT2D eigenvalue weighted by molar-refractivity contribution is -0.209. The Morgan fingerprint density at radius 2 is 1.70 bits per heavy atom. The van der Waals surface area contributed by atoms with Crippen LogP contribution in [0.25, 0.3) is 22.2 Å². The van der Waals surface area contributed by atoms with Gasteiger partial charge in [0, 0.05) is 29.4 Å². The zero-order chi connectivity index (χ0) is 24.2. The largest absolute Gasteiger partial charge is 0.493 e. The number of aromatic nitrogens is 2. The summed E-state index contributed by atoms with van der Waals surface area (Å²) in [6.45, 7) is 2.07. The van der Waals surface area contributed by atoms with Crippen molar-refractivity contribution in [3.8, 4) is 22.8 Å². The van der Waals surface area contributed by atoms with Gasteiger partial charge in [-0.2, -0.15) is 19.1 Å². The number of aryl methyl sites for hydroxylation is 1. The van der Waals surface area contributed by atoms with Gasteiger partial charge in [0.2, 0.25) is 0 Å². The molecule has 0 amide bonds. The highest BCUT2D eigenvalue weighted by Gasteiger charge is 2.51. The smallest absolute Gasteiger partial charge is 0.400 e. The molecule has 0 saturated heterocycles. The maximum atomic E-state index is 13.2. The highest BCUT2D eigenvalue weighted by molar-refractivity contribution is 5.86. The second-order valence-corrected chi connectivity index (χ2v) is 8.02. The first-order valence-electron chi connectivity index (χ1n) is 10.2. The van der Waals surface area contributed by atoms with Gasteiger partial charge in [-0.3, -0.25) is 9.97 Å². The number of alkyl halides is 3. The van der Waals surface area contributed by atoms with Gasteiger partial charge in [-0.05, 0) is 56.5 Å². The standard InChI is InChI=1S/C24H26F3N3O3/c1-23(2,24(25,26)27)22(33-28)7-5-6-15-8-9-18(29-13-15)17-10-16-11-20(31-3)21(32-4)12-19(16)30-14-17/h7-14H,5-6,28H2,1-4H3/b22-7-. The van der Waals surface area contributed by atoms with Crippen molar-refractivity contribution in [2.24, 2.45) is 11.3 Å². The second kappa shape index (κ2) is 9.66. The van der Waals surface area contributed by atoms with Crippen molar-refractivity contribution >= 4 is 10.9 Å². The minimum Gasteiger partial charge on any atom is -0.493 e. The van der Waals surface area contributed by atoms with E-state index in [0.717, 1.165) is 41.6 Å². The van der Waals surface area contributed by atoms with Crippen LogP contribution in [0.5, 0.6) is 11.5 Å². The molecule has 0 aliphatic heterocycles. The summed E-state index contributed by atoms with van der Waals surface area (Å²) in [7, 11) is 3.14. The first kappa shape index (κ1) is 24.3. The number of allylic oxidation sites excluding steroid dienone is 2. The summed E-state index contributed by atoms with van der Waals surface area (Å²) in [5.41, 5.74) is 1.02. The lowest BCUT2D eigenvalue weighted by atomic mass is 9.89. The van der Waals surface area contributed by atoms with E-state index in [0.29, 0.717) is 24.3 Å². The number of hydrogen-bond acceptors (Lipinski definition) is 6. The fraction of sp³-hybridized carbons (Fsp3) is 0.333. The molecule has 2 N–H and O–H groups in total. The second-order valence-electron chi connectivity index (χ2n) is 8.02. The highest BCUT2D eigenvalue weighted by Crippen LogP contribution is 2.43. The molecule has 2 heterocycles. The van der Waals surface area contributed by atoms with Crippen molar-refractivity contribution in [1.29, 1.82) is 0 Å². The van der Waals surface area contributed by atoms with Crippen molar-refractivity contribution in [2.75, 3.05) is 14.2 Å². The van der Waals surface area contributed by atoms with Crippen molar-refractivity contribution in [2.45, 2.75) is 32.9 Å². The van der Waals surface area contributed by atoms with Gasteiger partial charge in [0.05, 0.1) is 25.4 Å². The molecule has 0 aliphatic carbocycles. The van der Waals surface area contributed by atoms with E-state index in [4.69, 9.17) is 15.4 Å². The molecule has 9 heteroatoms. The van der Waals surface area contributed by atoms with Crippen LogP contribution in [0.4, 0.5) is 13.2 Å². The monoisotopic (exact) mass is 461 g/mol. The molecule has 0 radical (unpaired) electrons. The zero-order valence-corrected chi connectivity index (χ0v) is 18.9. The molecule has 0 spiro atoms. The molecular weight excluding hydrogens is 435 g/mol. The number of ether oxygens (including phenoxy) is 2. The minimum atomic E-state index is -4.47. The highest BCUT2D eigenvalue weighted by atomic mass is 19.4. The van der Waals surface area contributed by atoms with Crippen LogP contribution < -0.4 is 15.4 Å². The van der Waals surface area contributed by atoms with E-state index in [1.807, 2.05) is 24.3 Å². The number of hydrogen-bond donors (Lipinski definition) is 1. The molecule has 0 fully saturated rings. The van der Waals surface area contributed by atoms with E-state index in [1.165, 1.54) is 6.08 Å². The number of halogens is 3. The van der Waals surface area contributed by atoms with Crippen LogP contribution in [0, 0.1) is 5.41 Å². The van der Waals surface area contributed by atoms with Crippen LogP contribution in [-0.2, 0) is 11.3 Å². The topological polar surface area (TPSA) is 79.5 Å². The average Bonchev–Trinajstić information content (AvgIpc) is 2.80. The molecule has 6 nitrogen and oxygen atoms in total. The van der Waals surface area contributed by atoms with E-state index in [2.05, 4.69) is 14.8 Å². The minimum absolute atomic E-state index is 0.311. The van der Waals surface area contributed by atoms with Gasteiger partial charge in [0.1, 0.15) is 11.2 Å². The van der Waals surface area contributed by atoms with Crippen molar-refractivity contribution in [3.63, 3.8) is 0 Å². The van der Waals surface area contributed by atoms with E-state index in [9.17, 15) is 13.2 Å². The van der Waals surface area contributed by atoms with Crippen LogP contribution in [0.1, 0.15) is 25.8 Å². The number of rotatable bonds is 8. The fourth-order valence-corrected chi connectivity index (χ4v) is 3.30. The molecule has 1 aromatic carbocycles. The molecule has 3 aromatic rings.